The summed E-state index contributed by atoms with van der Waals surface area (Å²) < 4.78 is 12.2. The van der Waals surface area contributed by atoms with Crippen LogP contribution >= 0.6 is 22.6 Å². The molecule has 0 saturated carbocycles. The molecule has 0 aliphatic carbocycles. The molecule has 0 atom stereocenters. The summed E-state index contributed by atoms with van der Waals surface area (Å²) in [6, 6.07) is 18.8. The number of hydrogen-bond acceptors (Lipinski definition) is 6. The number of nitrogens with zero attached hydrogens (tertiary/aromatic N) is 2. The first-order valence-corrected chi connectivity index (χ1v) is 11.1. The second kappa shape index (κ2) is 11.3. The topological polar surface area (TPSA) is 114 Å². The van der Waals surface area contributed by atoms with Gasteiger partial charge in [0.05, 0.1) is 15.6 Å². The van der Waals surface area contributed by atoms with Gasteiger partial charge in [-0.3, -0.25) is 14.9 Å². The van der Waals surface area contributed by atoms with Crippen LogP contribution < -0.4 is 14.8 Å². The van der Waals surface area contributed by atoms with E-state index in [2.05, 4.69) is 27.9 Å². The summed E-state index contributed by atoms with van der Waals surface area (Å²) in [5.74, 6) is 0.332. The van der Waals surface area contributed by atoms with Crippen molar-refractivity contribution in [3.05, 3.63) is 96.6 Å². The Bertz CT molecular complexity index is 1300. The van der Waals surface area contributed by atoms with Crippen LogP contribution in [-0.2, 0) is 11.4 Å². The van der Waals surface area contributed by atoms with Crippen molar-refractivity contribution in [2.45, 2.75) is 13.5 Å². The van der Waals surface area contributed by atoms with Gasteiger partial charge in [0.2, 0.25) is 0 Å². The maximum Gasteiger partial charge on any atom is 0.271 e. The highest BCUT2D eigenvalue weighted by Crippen LogP contribution is 2.35. The summed E-state index contributed by atoms with van der Waals surface area (Å²) in [6.45, 7) is 2.37. The van der Waals surface area contributed by atoms with Gasteiger partial charge in [0.25, 0.3) is 11.6 Å². The van der Waals surface area contributed by atoms with Gasteiger partial charge in [-0.2, -0.15) is 5.26 Å². The van der Waals surface area contributed by atoms with E-state index in [1.807, 2.05) is 37.3 Å². The lowest BCUT2D eigenvalue weighted by atomic mass is 10.1. The van der Waals surface area contributed by atoms with Crippen LogP contribution in [0.3, 0.4) is 0 Å². The number of carbonyl (C=O) groups is 1. The van der Waals surface area contributed by atoms with E-state index in [1.165, 1.54) is 37.5 Å². The van der Waals surface area contributed by atoms with Gasteiger partial charge in [-0.05, 0) is 64.9 Å². The molecule has 0 bridgehead atoms. The zero-order chi connectivity index (χ0) is 24.7. The average molecular weight is 569 g/mol. The van der Waals surface area contributed by atoms with Gasteiger partial charge in [0, 0.05) is 17.8 Å². The summed E-state index contributed by atoms with van der Waals surface area (Å²) in [5.41, 5.74) is 2.62. The Hall–Kier alpha value is -3.91. The number of nitrogens with one attached hydrogen (secondary N) is 1. The zero-order valence-electron chi connectivity index (χ0n) is 18.4. The molecule has 0 spiro atoms. The number of nitro groups is 1. The molecule has 3 aromatic rings. The fourth-order valence-corrected chi connectivity index (χ4v) is 3.80. The first-order chi connectivity index (χ1) is 16.3. The van der Waals surface area contributed by atoms with Crippen molar-refractivity contribution in [3.8, 4) is 17.6 Å². The largest absolute Gasteiger partial charge is 0.493 e. The number of anilines is 1. The Labute approximate surface area is 210 Å². The third-order valence-corrected chi connectivity index (χ3v) is 5.55. The Morgan fingerprint density at radius 1 is 1.21 bits per heavy atom. The van der Waals surface area contributed by atoms with Crippen molar-refractivity contribution in [2.75, 3.05) is 12.4 Å². The molecule has 0 unspecified atom stereocenters. The fraction of sp³-hybridized carbons (Fsp3) is 0.120. The number of carbonyl (C=O) groups excluding carboxylic acids is 1. The molecule has 8 nitrogen and oxygen atoms in total. The molecule has 34 heavy (non-hydrogen) atoms. The van der Waals surface area contributed by atoms with E-state index in [-0.39, 0.29) is 16.9 Å². The van der Waals surface area contributed by atoms with Gasteiger partial charge in [-0.1, -0.05) is 35.9 Å². The Balaban J connectivity index is 1.81. The molecule has 1 amide bonds. The van der Waals surface area contributed by atoms with E-state index in [0.717, 1.165) is 14.7 Å². The quantitative estimate of drug-likeness (QED) is 0.124. The molecule has 0 aliphatic heterocycles. The number of benzene rings is 3. The number of hydrogen-bond donors (Lipinski definition) is 1. The molecule has 172 valence electrons. The van der Waals surface area contributed by atoms with Crippen LogP contribution in [0.4, 0.5) is 11.4 Å². The molecule has 3 aromatic carbocycles. The smallest absolute Gasteiger partial charge is 0.271 e. The third-order valence-electron chi connectivity index (χ3n) is 4.75. The summed E-state index contributed by atoms with van der Waals surface area (Å²) >= 11 is 2.11. The SMILES string of the molecule is COc1cc(/C=C(/C#N)C(=O)Nc2cccc([N+](=O)[O-])c2)cc(I)c1OCc1ccc(C)cc1. The number of non-ortho nitro benzene ring substituents is 1. The van der Waals surface area contributed by atoms with Crippen LogP contribution in [-0.4, -0.2) is 17.9 Å². The highest BCUT2D eigenvalue weighted by atomic mass is 127. The minimum absolute atomic E-state index is 0.166. The number of halogens is 1. The minimum Gasteiger partial charge on any atom is -0.493 e. The predicted octanol–water partition coefficient (Wildman–Crippen LogP) is 5.64. The van der Waals surface area contributed by atoms with E-state index in [1.54, 1.807) is 12.1 Å². The van der Waals surface area contributed by atoms with Gasteiger partial charge in [0.15, 0.2) is 11.5 Å². The van der Waals surface area contributed by atoms with E-state index in [9.17, 15) is 20.2 Å². The molecule has 9 heteroatoms. The zero-order valence-corrected chi connectivity index (χ0v) is 20.5. The van der Waals surface area contributed by atoms with Crippen LogP contribution in [0.2, 0.25) is 0 Å². The van der Waals surface area contributed by atoms with E-state index in [0.29, 0.717) is 23.7 Å². The lowest BCUT2D eigenvalue weighted by molar-refractivity contribution is -0.384. The van der Waals surface area contributed by atoms with Gasteiger partial charge in [0.1, 0.15) is 18.2 Å². The second-order valence-electron chi connectivity index (χ2n) is 7.24. The van der Waals surface area contributed by atoms with Crippen LogP contribution in [0.5, 0.6) is 11.5 Å². The maximum absolute atomic E-state index is 12.6. The standard InChI is InChI=1S/C25H20IN3O5/c1-16-6-8-17(9-7-16)15-34-24-22(26)11-18(12-23(24)33-2)10-19(14-27)25(30)28-20-4-3-5-21(13-20)29(31)32/h3-13H,15H2,1-2H3,(H,28,30)/b19-10-. The molecule has 1 N–H and O–H groups in total. The normalized spacial score (nSPS) is 10.8. The van der Waals surface area contributed by atoms with Crippen molar-refractivity contribution in [2.24, 2.45) is 0 Å². The number of aryl methyl sites for hydroxylation is 1. The molecule has 0 saturated heterocycles. The predicted molar refractivity (Wildman–Crippen MR) is 137 cm³/mol. The van der Waals surface area contributed by atoms with Crippen molar-refractivity contribution in [1.82, 2.24) is 0 Å². The maximum atomic E-state index is 12.6. The molecule has 0 aromatic heterocycles. The van der Waals surface area contributed by atoms with Crippen molar-refractivity contribution >= 4 is 45.9 Å². The number of amides is 1. The Morgan fingerprint density at radius 2 is 1.94 bits per heavy atom. The first-order valence-electron chi connectivity index (χ1n) is 10.0. The van der Waals surface area contributed by atoms with Crippen LogP contribution in [0.15, 0.2) is 66.2 Å². The number of ether oxygens (including phenoxy) is 2. The van der Waals surface area contributed by atoms with E-state index < -0.39 is 10.8 Å². The highest BCUT2D eigenvalue weighted by Gasteiger charge is 2.15. The van der Waals surface area contributed by atoms with Crippen LogP contribution in [0.25, 0.3) is 6.08 Å². The summed E-state index contributed by atoms with van der Waals surface area (Å²) in [5, 5.41) is 23.0. The summed E-state index contributed by atoms with van der Waals surface area (Å²) in [7, 11) is 1.51. The lowest BCUT2D eigenvalue weighted by Crippen LogP contribution is -2.13. The third kappa shape index (κ3) is 6.32. The summed E-state index contributed by atoms with van der Waals surface area (Å²) in [4.78, 5) is 23.0. The molecule has 0 aliphatic rings. The monoisotopic (exact) mass is 569 g/mol. The molecular weight excluding hydrogens is 549 g/mol. The highest BCUT2D eigenvalue weighted by molar-refractivity contribution is 14.1. The van der Waals surface area contributed by atoms with Crippen molar-refractivity contribution < 1.29 is 19.2 Å². The second-order valence-corrected chi connectivity index (χ2v) is 8.40. The lowest BCUT2D eigenvalue weighted by Gasteiger charge is -2.14. The number of methoxy groups -OCH3 is 1. The van der Waals surface area contributed by atoms with Gasteiger partial charge in [-0.25, -0.2) is 0 Å². The van der Waals surface area contributed by atoms with Gasteiger partial charge in [-0.15, -0.1) is 0 Å². The van der Waals surface area contributed by atoms with Crippen molar-refractivity contribution in [1.29, 1.82) is 5.26 Å². The average Bonchev–Trinajstić information content (AvgIpc) is 2.82. The molecule has 0 radical (unpaired) electrons. The number of nitro benzene ring substituents is 1. The number of nitriles is 1. The fourth-order valence-electron chi connectivity index (χ4n) is 3.01. The van der Waals surface area contributed by atoms with Crippen molar-refractivity contribution in [3.63, 3.8) is 0 Å². The Morgan fingerprint density at radius 3 is 2.59 bits per heavy atom. The Kier molecular flexibility index (Phi) is 8.21. The minimum atomic E-state index is -0.684. The van der Waals surface area contributed by atoms with E-state index in [4.69, 9.17) is 9.47 Å². The van der Waals surface area contributed by atoms with E-state index >= 15 is 0 Å². The summed E-state index contributed by atoms with van der Waals surface area (Å²) in [6.07, 6.45) is 1.42. The molecule has 0 heterocycles. The molecule has 0 fully saturated rings. The first kappa shape index (κ1) is 24.7. The number of rotatable bonds is 8. The molecule has 3 rings (SSSR count). The van der Waals surface area contributed by atoms with Crippen LogP contribution in [0, 0.1) is 31.9 Å². The van der Waals surface area contributed by atoms with Gasteiger partial charge >= 0.3 is 0 Å². The molecular formula is C25H20IN3O5. The van der Waals surface area contributed by atoms with Crippen LogP contribution in [0.1, 0.15) is 16.7 Å². The van der Waals surface area contributed by atoms with Gasteiger partial charge < -0.3 is 14.8 Å².